The molecule has 160 valence electrons. The number of ether oxygens (including phenoxy) is 1. The summed E-state index contributed by atoms with van der Waals surface area (Å²) in [6.45, 7) is 4.16. The van der Waals surface area contributed by atoms with E-state index in [1.165, 1.54) is 4.90 Å². The van der Waals surface area contributed by atoms with Crippen molar-refractivity contribution in [2.24, 2.45) is 0 Å². The van der Waals surface area contributed by atoms with Gasteiger partial charge in [0, 0.05) is 24.8 Å². The van der Waals surface area contributed by atoms with Gasteiger partial charge in [-0.3, -0.25) is 19.3 Å². The summed E-state index contributed by atoms with van der Waals surface area (Å²) < 4.78 is 5.96. The fourth-order valence-corrected chi connectivity index (χ4v) is 4.17. The maximum absolute atomic E-state index is 13.1. The molecule has 1 fully saturated rings. The first-order valence-corrected chi connectivity index (χ1v) is 10.7. The topological polar surface area (TPSA) is 79.0 Å². The fraction of sp³-hybridized carbons (Fsp3) is 0.375. The van der Waals surface area contributed by atoms with Gasteiger partial charge in [-0.1, -0.05) is 12.1 Å². The Hall–Kier alpha value is -3.35. The molecule has 3 amide bonds. The average molecular weight is 419 g/mol. The molecule has 2 aromatic rings. The third kappa shape index (κ3) is 3.44. The zero-order valence-electron chi connectivity index (χ0n) is 17.7. The molecule has 3 aliphatic rings. The van der Waals surface area contributed by atoms with Crippen LogP contribution in [0.2, 0.25) is 0 Å². The number of carbonyl (C=O) groups is 3. The number of rotatable bonds is 6. The summed E-state index contributed by atoms with van der Waals surface area (Å²) in [4.78, 5) is 41.3. The SMILES string of the molecule is CC1(C)Oc2ccc(NC3CC3)cc2N(CCCN2C(=O)c3ccccc3C2=O)C1=O. The quantitative estimate of drug-likeness (QED) is 0.726. The number of fused-ring (bicyclic) bond motifs is 2. The standard InChI is InChI=1S/C24H25N3O4/c1-24(2)23(30)26(19-14-16(25-15-8-9-15)10-11-20(19)31-24)12-5-13-27-21(28)17-6-3-4-7-18(17)22(27)29/h3-4,6-7,10-11,14-15,25H,5,8-9,12-13H2,1-2H3. The Kier molecular flexibility index (Phi) is 4.50. The van der Waals surface area contributed by atoms with E-state index in [1.807, 2.05) is 18.2 Å². The first-order valence-electron chi connectivity index (χ1n) is 10.7. The van der Waals surface area contributed by atoms with Gasteiger partial charge in [-0.2, -0.15) is 0 Å². The number of nitrogens with zero attached hydrogens (tertiary/aromatic N) is 2. The van der Waals surface area contributed by atoms with Gasteiger partial charge in [0.2, 0.25) is 0 Å². The van der Waals surface area contributed by atoms with Crippen LogP contribution in [0.1, 0.15) is 53.8 Å². The smallest absolute Gasteiger partial charge is 0.270 e. The maximum Gasteiger partial charge on any atom is 0.270 e. The molecule has 2 heterocycles. The highest BCUT2D eigenvalue weighted by atomic mass is 16.5. The van der Waals surface area contributed by atoms with E-state index >= 15 is 0 Å². The molecule has 0 unspecified atom stereocenters. The van der Waals surface area contributed by atoms with Crippen molar-refractivity contribution in [3.63, 3.8) is 0 Å². The Bertz CT molecular complexity index is 1050. The minimum absolute atomic E-state index is 0.133. The van der Waals surface area contributed by atoms with Gasteiger partial charge in [0.15, 0.2) is 5.60 Å². The number of anilines is 2. The van der Waals surface area contributed by atoms with Crippen LogP contribution in [0.3, 0.4) is 0 Å². The van der Waals surface area contributed by atoms with E-state index < -0.39 is 5.60 Å². The van der Waals surface area contributed by atoms with Crippen LogP contribution >= 0.6 is 0 Å². The van der Waals surface area contributed by atoms with Crippen LogP contribution in [-0.2, 0) is 4.79 Å². The highest BCUT2D eigenvalue weighted by molar-refractivity contribution is 6.21. The van der Waals surface area contributed by atoms with E-state index in [9.17, 15) is 14.4 Å². The summed E-state index contributed by atoms with van der Waals surface area (Å²) in [5, 5.41) is 3.45. The molecular weight excluding hydrogens is 394 g/mol. The number of benzene rings is 2. The van der Waals surface area contributed by atoms with E-state index in [2.05, 4.69) is 5.32 Å². The molecule has 7 nitrogen and oxygen atoms in total. The molecule has 0 spiro atoms. The van der Waals surface area contributed by atoms with Crippen LogP contribution in [0.25, 0.3) is 0 Å². The lowest BCUT2D eigenvalue weighted by molar-refractivity contribution is -0.132. The second kappa shape index (κ2) is 7.11. The highest BCUT2D eigenvalue weighted by Gasteiger charge is 2.41. The van der Waals surface area contributed by atoms with Crippen molar-refractivity contribution in [3.8, 4) is 5.75 Å². The molecule has 7 heteroatoms. The van der Waals surface area contributed by atoms with Gasteiger partial charge in [0.05, 0.1) is 16.8 Å². The molecule has 5 rings (SSSR count). The fourth-order valence-electron chi connectivity index (χ4n) is 4.17. The zero-order valence-corrected chi connectivity index (χ0v) is 17.7. The summed E-state index contributed by atoms with van der Waals surface area (Å²) in [6, 6.07) is 13.2. The van der Waals surface area contributed by atoms with Gasteiger partial charge >= 0.3 is 0 Å². The van der Waals surface area contributed by atoms with Crippen molar-refractivity contribution >= 4 is 29.1 Å². The van der Waals surface area contributed by atoms with Gasteiger partial charge in [0.1, 0.15) is 5.75 Å². The summed E-state index contributed by atoms with van der Waals surface area (Å²) in [6.07, 6.45) is 2.79. The lowest BCUT2D eigenvalue weighted by atomic mass is 10.0. The number of carbonyl (C=O) groups excluding carboxylic acids is 3. The van der Waals surface area contributed by atoms with Crippen molar-refractivity contribution in [1.29, 1.82) is 0 Å². The molecule has 1 saturated carbocycles. The lowest BCUT2D eigenvalue weighted by Gasteiger charge is -2.39. The minimum atomic E-state index is -0.978. The average Bonchev–Trinajstić information content (AvgIpc) is 3.53. The Morgan fingerprint density at radius 3 is 2.26 bits per heavy atom. The Labute approximate surface area is 181 Å². The third-order valence-corrected chi connectivity index (χ3v) is 5.96. The number of nitrogens with one attached hydrogen (secondary N) is 1. The van der Waals surface area contributed by atoms with Gasteiger partial charge in [-0.05, 0) is 63.4 Å². The van der Waals surface area contributed by atoms with Gasteiger partial charge < -0.3 is 15.0 Å². The Morgan fingerprint density at radius 1 is 0.968 bits per heavy atom. The summed E-state index contributed by atoms with van der Waals surface area (Å²) >= 11 is 0. The third-order valence-electron chi connectivity index (χ3n) is 5.96. The molecule has 0 aromatic heterocycles. The Balaban J connectivity index is 1.33. The summed E-state index contributed by atoms with van der Waals surface area (Å²) in [7, 11) is 0. The van der Waals surface area contributed by atoms with Crippen LogP contribution < -0.4 is 15.0 Å². The molecule has 0 atom stereocenters. The van der Waals surface area contributed by atoms with Crippen LogP contribution in [0.4, 0.5) is 11.4 Å². The van der Waals surface area contributed by atoms with Crippen LogP contribution in [-0.4, -0.2) is 47.4 Å². The number of imide groups is 1. The van der Waals surface area contributed by atoms with Crippen LogP contribution in [0.5, 0.6) is 5.75 Å². The van der Waals surface area contributed by atoms with Crippen molar-refractivity contribution in [3.05, 3.63) is 53.6 Å². The van der Waals surface area contributed by atoms with Gasteiger partial charge in [0.25, 0.3) is 17.7 Å². The number of amides is 3. The van der Waals surface area contributed by atoms with Crippen LogP contribution in [0.15, 0.2) is 42.5 Å². The van der Waals surface area contributed by atoms with E-state index in [1.54, 1.807) is 43.0 Å². The second-order valence-electron chi connectivity index (χ2n) is 8.83. The zero-order chi connectivity index (χ0) is 21.8. The van der Waals surface area contributed by atoms with E-state index in [4.69, 9.17) is 4.74 Å². The second-order valence-corrected chi connectivity index (χ2v) is 8.83. The maximum atomic E-state index is 13.1. The van der Waals surface area contributed by atoms with Gasteiger partial charge in [-0.25, -0.2) is 0 Å². The van der Waals surface area contributed by atoms with Crippen molar-refractivity contribution < 1.29 is 19.1 Å². The molecule has 31 heavy (non-hydrogen) atoms. The normalized spacial score (nSPS) is 19.2. The largest absolute Gasteiger partial charge is 0.476 e. The van der Waals surface area contributed by atoms with Crippen molar-refractivity contribution in [2.75, 3.05) is 23.3 Å². The highest BCUT2D eigenvalue weighted by Crippen LogP contribution is 2.40. The predicted octanol–water partition coefficient (Wildman–Crippen LogP) is 3.45. The van der Waals surface area contributed by atoms with E-state index in [-0.39, 0.29) is 24.3 Å². The first-order chi connectivity index (χ1) is 14.8. The van der Waals surface area contributed by atoms with Crippen molar-refractivity contribution in [1.82, 2.24) is 4.90 Å². The first kappa shape index (κ1) is 19.6. The molecule has 1 N–H and O–H groups in total. The monoisotopic (exact) mass is 419 g/mol. The van der Waals surface area contributed by atoms with Crippen LogP contribution in [0, 0.1) is 0 Å². The molecule has 0 radical (unpaired) electrons. The number of hydrogen-bond acceptors (Lipinski definition) is 5. The van der Waals surface area contributed by atoms with Crippen molar-refractivity contribution in [2.45, 2.75) is 44.8 Å². The van der Waals surface area contributed by atoms with E-state index in [0.29, 0.717) is 35.9 Å². The van der Waals surface area contributed by atoms with Gasteiger partial charge in [-0.15, -0.1) is 0 Å². The molecule has 2 aromatic carbocycles. The molecule has 1 aliphatic carbocycles. The predicted molar refractivity (Wildman–Crippen MR) is 117 cm³/mol. The molecule has 2 aliphatic heterocycles. The molecule has 0 bridgehead atoms. The summed E-state index contributed by atoms with van der Waals surface area (Å²) in [5.74, 6) is -0.0197. The molecule has 0 saturated heterocycles. The lowest BCUT2D eigenvalue weighted by Crippen LogP contribution is -2.53. The summed E-state index contributed by atoms with van der Waals surface area (Å²) in [5.41, 5.74) is 1.59. The van der Waals surface area contributed by atoms with E-state index in [0.717, 1.165) is 24.2 Å². The Morgan fingerprint density at radius 2 is 1.61 bits per heavy atom. The number of hydrogen-bond donors (Lipinski definition) is 1. The minimum Gasteiger partial charge on any atom is -0.476 e. The molecular formula is C24H25N3O4.